The number of hydrogen-bond donors (Lipinski definition) is 1. The zero-order valence-corrected chi connectivity index (χ0v) is 9.55. The lowest BCUT2D eigenvalue weighted by Gasteiger charge is -2.11. The Hall–Kier alpha value is -1.28. The molecule has 1 N–H and O–H groups in total. The second kappa shape index (κ2) is 4.07. The molecule has 2 nitrogen and oxygen atoms in total. The van der Waals surface area contributed by atoms with Crippen molar-refractivity contribution in [3.05, 3.63) is 35.5 Å². The number of anilines is 1. The topological polar surface area (TPSA) is 24.9 Å². The summed E-state index contributed by atoms with van der Waals surface area (Å²) in [6.07, 6.45) is 0. The highest BCUT2D eigenvalue weighted by Crippen LogP contribution is 2.24. The third-order valence-corrected chi connectivity index (χ3v) is 2.33. The fourth-order valence-corrected chi connectivity index (χ4v) is 1.75. The number of halogens is 1. The molecule has 1 aromatic heterocycles. The summed E-state index contributed by atoms with van der Waals surface area (Å²) in [7, 11) is 0. The van der Waals surface area contributed by atoms with Gasteiger partial charge in [-0.15, -0.1) is 0 Å². The van der Waals surface area contributed by atoms with Gasteiger partial charge in [0.25, 0.3) is 0 Å². The lowest BCUT2D eigenvalue weighted by molar-refractivity contribution is 0.892. The predicted octanol–water partition coefficient (Wildman–Crippen LogP) is 3.71. The molecule has 3 heteroatoms. The fourth-order valence-electron chi connectivity index (χ4n) is 1.55. The molecule has 0 unspecified atom stereocenters. The highest BCUT2D eigenvalue weighted by atomic mass is 35.5. The molecule has 0 saturated carbocycles. The quantitative estimate of drug-likeness (QED) is 0.781. The number of nitrogens with zero attached hydrogens (tertiary/aromatic N) is 1. The smallest absolute Gasteiger partial charge is 0.135 e. The van der Waals surface area contributed by atoms with Crippen LogP contribution in [0.3, 0.4) is 0 Å². The number of benzene rings is 1. The van der Waals surface area contributed by atoms with E-state index in [2.05, 4.69) is 24.1 Å². The summed E-state index contributed by atoms with van der Waals surface area (Å²) in [5.41, 5.74) is 0. The summed E-state index contributed by atoms with van der Waals surface area (Å²) in [4.78, 5) is 4.30. The summed E-state index contributed by atoms with van der Waals surface area (Å²) in [6, 6.07) is 10.3. The van der Waals surface area contributed by atoms with E-state index in [-0.39, 0.29) is 0 Å². The Kier molecular flexibility index (Phi) is 2.78. The van der Waals surface area contributed by atoms with Gasteiger partial charge < -0.3 is 5.32 Å². The predicted molar refractivity (Wildman–Crippen MR) is 65.5 cm³/mol. The molecule has 0 saturated heterocycles. The molecule has 0 bridgehead atoms. The van der Waals surface area contributed by atoms with Crippen LogP contribution in [0.15, 0.2) is 30.3 Å². The molecule has 15 heavy (non-hydrogen) atoms. The highest BCUT2D eigenvalue weighted by Gasteiger charge is 2.05. The largest absolute Gasteiger partial charge is 0.367 e. The van der Waals surface area contributed by atoms with E-state index in [1.807, 2.05) is 30.3 Å². The van der Waals surface area contributed by atoms with Crippen molar-refractivity contribution in [3.8, 4) is 0 Å². The van der Waals surface area contributed by atoms with E-state index in [1.165, 1.54) is 0 Å². The Bertz CT molecular complexity index is 480. The molecule has 78 valence electrons. The van der Waals surface area contributed by atoms with Gasteiger partial charge in [0.2, 0.25) is 0 Å². The van der Waals surface area contributed by atoms with Gasteiger partial charge in [-0.25, -0.2) is 4.98 Å². The van der Waals surface area contributed by atoms with E-state index in [1.54, 1.807) is 0 Å². The lowest BCUT2D eigenvalue weighted by atomic mass is 10.1. The minimum atomic E-state index is 0.347. The first-order valence-electron chi connectivity index (χ1n) is 4.98. The van der Waals surface area contributed by atoms with Gasteiger partial charge >= 0.3 is 0 Å². The summed E-state index contributed by atoms with van der Waals surface area (Å²) >= 11 is 5.96. The van der Waals surface area contributed by atoms with Gasteiger partial charge in [0.15, 0.2) is 0 Å². The van der Waals surface area contributed by atoms with Gasteiger partial charge in [0.05, 0.1) is 0 Å². The van der Waals surface area contributed by atoms with Crippen molar-refractivity contribution in [1.82, 2.24) is 4.98 Å². The lowest BCUT2D eigenvalue weighted by Crippen LogP contribution is -2.11. The number of pyridine rings is 1. The van der Waals surface area contributed by atoms with Gasteiger partial charge in [-0.1, -0.05) is 35.9 Å². The van der Waals surface area contributed by atoms with Crippen LogP contribution < -0.4 is 5.32 Å². The second-order valence-electron chi connectivity index (χ2n) is 3.81. The van der Waals surface area contributed by atoms with E-state index in [9.17, 15) is 0 Å². The first-order valence-corrected chi connectivity index (χ1v) is 5.36. The first kappa shape index (κ1) is 10.2. The van der Waals surface area contributed by atoms with Gasteiger partial charge in [-0.2, -0.15) is 0 Å². The molecule has 1 heterocycles. The van der Waals surface area contributed by atoms with Crippen LogP contribution >= 0.6 is 11.6 Å². The van der Waals surface area contributed by atoms with Gasteiger partial charge in [-0.05, 0) is 25.3 Å². The van der Waals surface area contributed by atoms with E-state index in [0.29, 0.717) is 11.2 Å². The molecular weight excluding hydrogens is 208 g/mol. The fraction of sp³-hybridized carbons (Fsp3) is 0.250. The molecule has 0 amide bonds. The molecule has 0 radical (unpaired) electrons. The van der Waals surface area contributed by atoms with E-state index in [0.717, 1.165) is 16.6 Å². The van der Waals surface area contributed by atoms with Crippen LogP contribution in [0, 0.1) is 0 Å². The SMILES string of the molecule is CC(C)Nc1nc(Cl)cc2ccccc12. The number of hydrogen-bond acceptors (Lipinski definition) is 2. The van der Waals surface area contributed by atoms with Crippen LogP contribution in [0.1, 0.15) is 13.8 Å². The molecule has 0 aliphatic carbocycles. The Morgan fingerprint density at radius 1 is 1.27 bits per heavy atom. The Morgan fingerprint density at radius 2 is 2.00 bits per heavy atom. The number of aromatic nitrogens is 1. The number of nitrogens with one attached hydrogen (secondary N) is 1. The summed E-state index contributed by atoms with van der Waals surface area (Å²) in [6.45, 7) is 4.16. The molecule has 2 aromatic rings. The van der Waals surface area contributed by atoms with Crippen molar-refractivity contribution >= 4 is 28.2 Å². The van der Waals surface area contributed by atoms with Gasteiger partial charge in [0.1, 0.15) is 11.0 Å². The van der Waals surface area contributed by atoms with Crippen molar-refractivity contribution < 1.29 is 0 Å². The maximum Gasteiger partial charge on any atom is 0.135 e. The molecule has 0 atom stereocenters. The highest BCUT2D eigenvalue weighted by molar-refractivity contribution is 6.30. The summed E-state index contributed by atoms with van der Waals surface area (Å²) < 4.78 is 0. The van der Waals surface area contributed by atoms with Crippen LogP contribution in [0.25, 0.3) is 10.8 Å². The van der Waals surface area contributed by atoms with Crippen molar-refractivity contribution in [3.63, 3.8) is 0 Å². The average Bonchev–Trinajstić information content (AvgIpc) is 2.16. The van der Waals surface area contributed by atoms with Crippen LogP contribution in [0.5, 0.6) is 0 Å². The summed E-state index contributed by atoms with van der Waals surface area (Å²) in [5.74, 6) is 0.855. The Morgan fingerprint density at radius 3 is 2.73 bits per heavy atom. The van der Waals surface area contributed by atoms with Crippen LogP contribution in [-0.4, -0.2) is 11.0 Å². The number of rotatable bonds is 2. The van der Waals surface area contributed by atoms with Crippen molar-refractivity contribution in [1.29, 1.82) is 0 Å². The molecular formula is C12H13ClN2. The standard InChI is InChI=1S/C12H13ClN2/c1-8(2)14-12-10-6-4-3-5-9(10)7-11(13)15-12/h3-8H,1-2H3,(H,14,15). The van der Waals surface area contributed by atoms with E-state index in [4.69, 9.17) is 11.6 Å². The third-order valence-electron chi connectivity index (χ3n) is 2.13. The van der Waals surface area contributed by atoms with Crippen LogP contribution in [-0.2, 0) is 0 Å². The van der Waals surface area contributed by atoms with Crippen molar-refractivity contribution in [2.75, 3.05) is 5.32 Å². The Labute approximate surface area is 94.3 Å². The maximum atomic E-state index is 5.96. The number of fused-ring (bicyclic) bond motifs is 1. The molecule has 0 fully saturated rings. The first-order chi connectivity index (χ1) is 7.16. The van der Waals surface area contributed by atoms with Crippen molar-refractivity contribution in [2.45, 2.75) is 19.9 Å². The van der Waals surface area contributed by atoms with Crippen LogP contribution in [0.4, 0.5) is 5.82 Å². The minimum absolute atomic E-state index is 0.347. The maximum absolute atomic E-state index is 5.96. The van der Waals surface area contributed by atoms with Gasteiger partial charge in [0, 0.05) is 11.4 Å². The molecule has 0 spiro atoms. The normalized spacial score (nSPS) is 10.9. The molecule has 0 aliphatic rings. The van der Waals surface area contributed by atoms with Gasteiger partial charge in [-0.3, -0.25) is 0 Å². The Balaban J connectivity index is 2.60. The summed E-state index contributed by atoms with van der Waals surface area (Å²) in [5, 5.41) is 6.04. The average molecular weight is 221 g/mol. The molecule has 1 aromatic carbocycles. The van der Waals surface area contributed by atoms with E-state index < -0.39 is 0 Å². The zero-order valence-electron chi connectivity index (χ0n) is 8.79. The molecule has 0 aliphatic heterocycles. The minimum Gasteiger partial charge on any atom is -0.367 e. The van der Waals surface area contributed by atoms with E-state index >= 15 is 0 Å². The van der Waals surface area contributed by atoms with Crippen LogP contribution in [0.2, 0.25) is 5.15 Å². The third kappa shape index (κ3) is 2.21. The second-order valence-corrected chi connectivity index (χ2v) is 4.20. The zero-order chi connectivity index (χ0) is 10.8. The monoisotopic (exact) mass is 220 g/mol. The molecule has 2 rings (SSSR count). The van der Waals surface area contributed by atoms with Crippen molar-refractivity contribution in [2.24, 2.45) is 0 Å².